The van der Waals surface area contributed by atoms with Gasteiger partial charge in [0, 0.05) is 17.3 Å². The SMILES string of the molecule is O=C(/C=C/c1ccccc1F)Nc1ccc(C(=O)O)cc1. The van der Waals surface area contributed by atoms with Gasteiger partial charge in [0.15, 0.2) is 0 Å². The summed E-state index contributed by atoms with van der Waals surface area (Å²) in [7, 11) is 0. The van der Waals surface area contributed by atoms with Crippen molar-refractivity contribution in [2.24, 2.45) is 0 Å². The van der Waals surface area contributed by atoms with Crippen LogP contribution in [0.5, 0.6) is 0 Å². The van der Waals surface area contributed by atoms with E-state index in [2.05, 4.69) is 5.32 Å². The number of benzene rings is 2. The van der Waals surface area contributed by atoms with Crippen LogP contribution in [0.4, 0.5) is 10.1 Å². The van der Waals surface area contributed by atoms with Crippen LogP contribution in [0, 0.1) is 5.82 Å². The predicted octanol–water partition coefficient (Wildman–Crippen LogP) is 3.18. The van der Waals surface area contributed by atoms with Crippen LogP contribution in [-0.4, -0.2) is 17.0 Å². The molecule has 106 valence electrons. The first-order chi connectivity index (χ1) is 10.1. The molecule has 0 heterocycles. The maximum absolute atomic E-state index is 13.3. The van der Waals surface area contributed by atoms with E-state index in [-0.39, 0.29) is 5.56 Å². The Morgan fingerprint density at radius 3 is 2.33 bits per heavy atom. The van der Waals surface area contributed by atoms with Crippen LogP contribution < -0.4 is 5.32 Å². The molecule has 0 aliphatic rings. The van der Waals surface area contributed by atoms with Gasteiger partial charge in [0.05, 0.1) is 5.56 Å². The van der Waals surface area contributed by atoms with Gasteiger partial charge in [0.1, 0.15) is 5.82 Å². The first-order valence-electron chi connectivity index (χ1n) is 6.13. The fraction of sp³-hybridized carbons (Fsp3) is 0. The summed E-state index contributed by atoms with van der Waals surface area (Å²) in [5.41, 5.74) is 0.909. The summed E-state index contributed by atoms with van der Waals surface area (Å²) in [6, 6.07) is 11.8. The van der Waals surface area contributed by atoms with Gasteiger partial charge in [-0.3, -0.25) is 4.79 Å². The molecule has 0 saturated carbocycles. The number of rotatable bonds is 4. The van der Waals surface area contributed by atoms with Gasteiger partial charge in [0.2, 0.25) is 5.91 Å². The minimum Gasteiger partial charge on any atom is -0.478 e. The highest BCUT2D eigenvalue weighted by Gasteiger charge is 2.03. The highest BCUT2D eigenvalue weighted by atomic mass is 19.1. The van der Waals surface area contributed by atoms with Crippen LogP contribution in [0.15, 0.2) is 54.6 Å². The molecule has 2 aromatic rings. The number of carbonyl (C=O) groups is 2. The van der Waals surface area contributed by atoms with Gasteiger partial charge >= 0.3 is 5.97 Å². The molecule has 21 heavy (non-hydrogen) atoms. The van der Waals surface area contributed by atoms with Crippen molar-refractivity contribution in [1.82, 2.24) is 0 Å². The van der Waals surface area contributed by atoms with E-state index in [0.29, 0.717) is 11.3 Å². The second kappa shape index (κ2) is 6.47. The Morgan fingerprint density at radius 2 is 1.71 bits per heavy atom. The van der Waals surface area contributed by atoms with Crippen LogP contribution in [0.2, 0.25) is 0 Å². The second-order valence-electron chi connectivity index (χ2n) is 4.23. The Labute approximate surface area is 120 Å². The minimum atomic E-state index is -1.03. The summed E-state index contributed by atoms with van der Waals surface area (Å²) in [6.45, 7) is 0. The highest BCUT2D eigenvalue weighted by molar-refractivity contribution is 6.02. The first-order valence-corrected chi connectivity index (χ1v) is 6.13. The normalized spacial score (nSPS) is 10.5. The fourth-order valence-corrected chi connectivity index (χ4v) is 1.66. The smallest absolute Gasteiger partial charge is 0.335 e. The van der Waals surface area contributed by atoms with Gasteiger partial charge in [-0.15, -0.1) is 0 Å². The molecule has 0 aliphatic heterocycles. The maximum atomic E-state index is 13.3. The van der Waals surface area contributed by atoms with E-state index in [0.717, 1.165) is 0 Å². The molecule has 0 unspecified atom stereocenters. The van der Waals surface area contributed by atoms with E-state index in [4.69, 9.17) is 5.11 Å². The molecular weight excluding hydrogens is 273 g/mol. The van der Waals surface area contributed by atoms with Crippen molar-refractivity contribution in [3.8, 4) is 0 Å². The van der Waals surface area contributed by atoms with E-state index < -0.39 is 17.7 Å². The predicted molar refractivity (Wildman–Crippen MR) is 77.5 cm³/mol. The molecule has 0 aromatic heterocycles. The summed E-state index contributed by atoms with van der Waals surface area (Å²) >= 11 is 0. The summed E-state index contributed by atoms with van der Waals surface area (Å²) in [5.74, 6) is -1.87. The lowest BCUT2D eigenvalue weighted by Crippen LogP contribution is -2.08. The molecule has 1 amide bonds. The molecule has 0 atom stereocenters. The van der Waals surface area contributed by atoms with Gasteiger partial charge in [-0.25, -0.2) is 9.18 Å². The van der Waals surface area contributed by atoms with Crippen LogP contribution >= 0.6 is 0 Å². The van der Waals surface area contributed by atoms with Gasteiger partial charge in [0.25, 0.3) is 0 Å². The molecule has 0 aliphatic carbocycles. The Hall–Kier alpha value is -2.95. The minimum absolute atomic E-state index is 0.134. The Bertz CT molecular complexity index is 693. The number of aromatic carboxylic acids is 1. The fourth-order valence-electron chi connectivity index (χ4n) is 1.66. The average molecular weight is 285 g/mol. The quantitative estimate of drug-likeness (QED) is 0.848. The van der Waals surface area contributed by atoms with Crippen LogP contribution in [0.1, 0.15) is 15.9 Å². The standard InChI is InChI=1S/C16H12FNO3/c17-14-4-2-1-3-11(14)7-10-15(19)18-13-8-5-12(6-9-13)16(20)21/h1-10H,(H,18,19)(H,20,21)/b10-7+. The third kappa shape index (κ3) is 4.01. The average Bonchev–Trinajstić information content (AvgIpc) is 2.47. The summed E-state index contributed by atoms with van der Waals surface area (Å²) in [6.07, 6.45) is 2.58. The molecule has 2 rings (SSSR count). The Balaban J connectivity index is 2.02. The number of carboxylic acids is 1. The molecule has 0 saturated heterocycles. The van der Waals surface area contributed by atoms with Gasteiger partial charge in [-0.05, 0) is 36.4 Å². The zero-order chi connectivity index (χ0) is 15.2. The Kier molecular flexibility index (Phi) is 4.46. The summed E-state index contributed by atoms with van der Waals surface area (Å²) < 4.78 is 13.3. The molecule has 0 radical (unpaired) electrons. The van der Waals surface area contributed by atoms with Crippen LogP contribution in [0.3, 0.4) is 0 Å². The number of anilines is 1. The van der Waals surface area contributed by atoms with Crippen LogP contribution in [-0.2, 0) is 4.79 Å². The largest absolute Gasteiger partial charge is 0.478 e. The number of carboxylic acid groups (broad SMARTS) is 1. The molecule has 0 bridgehead atoms. The van der Waals surface area contributed by atoms with E-state index >= 15 is 0 Å². The molecule has 2 aromatic carbocycles. The number of halogens is 1. The van der Waals surface area contributed by atoms with Gasteiger partial charge < -0.3 is 10.4 Å². The van der Waals surface area contributed by atoms with Crippen molar-refractivity contribution in [2.75, 3.05) is 5.32 Å². The summed E-state index contributed by atoms with van der Waals surface area (Å²) in [5, 5.41) is 11.3. The topological polar surface area (TPSA) is 66.4 Å². The van der Waals surface area contributed by atoms with E-state index in [1.54, 1.807) is 18.2 Å². The molecular formula is C16H12FNO3. The monoisotopic (exact) mass is 285 g/mol. The third-order valence-corrected chi connectivity index (χ3v) is 2.72. The molecule has 2 N–H and O–H groups in total. The zero-order valence-corrected chi connectivity index (χ0v) is 10.9. The van der Waals surface area contributed by atoms with Crippen LogP contribution in [0.25, 0.3) is 6.08 Å². The van der Waals surface area contributed by atoms with Gasteiger partial charge in [-0.1, -0.05) is 18.2 Å². The Morgan fingerprint density at radius 1 is 1.05 bits per heavy atom. The second-order valence-corrected chi connectivity index (χ2v) is 4.23. The van der Waals surface area contributed by atoms with Crippen molar-refractivity contribution in [2.45, 2.75) is 0 Å². The van der Waals surface area contributed by atoms with Crippen molar-refractivity contribution < 1.29 is 19.1 Å². The highest BCUT2D eigenvalue weighted by Crippen LogP contribution is 2.11. The lowest BCUT2D eigenvalue weighted by Gasteiger charge is -2.02. The summed E-state index contributed by atoms with van der Waals surface area (Å²) in [4.78, 5) is 22.4. The number of hydrogen-bond donors (Lipinski definition) is 2. The van der Waals surface area contributed by atoms with E-state index in [9.17, 15) is 14.0 Å². The van der Waals surface area contributed by atoms with Crippen molar-refractivity contribution in [1.29, 1.82) is 0 Å². The van der Waals surface area contributed by atoms with Gasteiger partial charge in [-0.2, -0.15) is 0 Å². The van der Waals surface area contributed by atoms with Crippen molar-refractivity contribution >= 4 is 23.6 Å². The van der Waals surface area contributed by atoms with Crippen molar-refractivity contribution in [3.05, 3.63) is 71.6 Å². The first kappa shape index (κ1) is 14.5. The lowest BCUT2D eigenvalue weighted by atomic mass is 10.2. The number of amides is 1. The van der Waals surface area contributed by atoms with E-state index in [1.165, 1.54) is 42.5 Å². The third-order valence-electron chi connectivity index (χ3n) is 2.72. The molecule has 5 heteroatoms. The number of hydrogen-bond acceptors (Lipinski definition) is 2. The number of carbonyl (C=O) groups excluding carboxylic acids is 1. The molecule has 0 spiro atoms. The molecule has 4 nitrogen and oxygen atoms in total. The van der Waals surface area contributed by atoms with E-state index in [1.807, 2.05) is 0 Å². The maximum Gasteiger partial charge on any atom is 0.335 e. The number of nitrogens with one attached hydrogen (secondary N) is 1. The molecule has 0 fully saturated rings. The zero-order valence-electron chi connectivity index (χ0n) is 10.9. The van der Waals surface area contributed by atoms with Crippen molar-refractivity contribution in [3.63, 3.8) is 0 Å². The lowest BCUT2D eigenvalue weighted by molar-refractivity contribution is -0.111.